The molecule has 2 aromatic carbocycles. The number of piperidine rings is 1. The Balaban J connectivity index is 1.25. The van der Waals surface area contributed by atoms with E-state index < -0.39 is 5.60 Å². The summed E-state index contributed by atoms with van der Waals surface area (Å²) >= 11 is 6.30. The second-order valence-corrected chi connectivity index (χ2v) is 9.71. The molecule has 1 N–H and O–H groups in total. The number of hydrogen-bond acceptors (Lipinski definition) is 5. The second kappa shape index (κ2) is 8.41. The van der Waals surface area contributed by atoms with Gasteiger partial charge >= 0.3 is 5.97 Å². The molecule has 34 heavy (non-hydrogen) atoms. The Kier molecular flexibility index (Phi) is 5.36. The largest absolute Gasteiger partial charge is 0.450 e. The van der Waals surface area contributed by atoms with Gasteiger partial charge in [0.2, 0.25) is 0 Å². The number of carbonyl (C=O) groups excluding carboxylic acids is 2. The van der Waals surface area contributed by atoms with Crippen LogP contribution in [0.1, 0.15) is 39.1 Å². The van der Waals surface area contributed by atoms with Crippen LogP contribution in [0.15, 0.2) is 48.7 Å². The maximum Gasteiger partial charge on any atom is 0.339 e. The Morgan fingerprint density at radius 1 is 1.18 bits per heavy atom. The van der Waals surface area contributed by atoms with Gasteiger partial charge in [-0.15, -0.1) is 0 Å². The van der Waals surface area contributed by atoms with Gasteiger partial charge in [-0.1, -0.05) is 35.9 Å². The van der Waals surface area contributed by atoms with E-state index in [2.05, 4.69) is 9.88 Å². The monoisotopic (exact) mass is 479 g/mol. The van der Waals surface area contributed by atoms with Crippen molar-refractivity contribution in [3.63, 3.8) is 0 Å². The number of morpholine rings is 1. The molecule has 6 rings (SSSR count). The molecule has 3 aliphatic rings. The van der Waals surface area contributed by atoms with Crippen LogP contribution in [0.3, 0.4) is 0 Å². The highest BCUT2D eigenvalue weighted by molar-refractivity contribution is 6.31. The van der Waals surface area contributed by atoms with Gasteiger partial charge in [0, 0.05) is 61.2 Å². The summed E-state index contributed by atoms with van der Waals surface area (Å²) in [4.78, 5) is 27.9. The minimum atomic E-state index is -0.628. The summed E-state index contributed by atoms with van der Waals surface area (Å²) < 4.78 is 13.8. The highest BCUT2D eigenvalue weighted by Gasteiger charge is 2.47. The fourth-order valence-electron chi connectivity index (χ4n) is 5.50. The van der Waals surface area contributed by atoms with E-state index in [0.717, 1.165) is 29.6 Å². The van der Waals surface area contributed by atoms with E-state index in [1.54, 1.807) is 0 Å². The zero-order valence-corrected chi connectivity index (χ0v) is 19.5. The smallest absolute Gasteiger partial charge is 0.339 e. The third-order valence-corrected chi connectivity index (χ3v) is 7.50. The molecule has 1 aromatic heterocycles. The van der Waals surface area contributed by atoms with Crippen molar-refractivity contribution in [3.8, 4) is 0 Å². The average molecular weight is 480 g/mol. The zero-order chi connectivity index (χ0) is 23.3. The first-order chi connectivity index (χ1) is 16.5. The van der Waals surface area contributed by atoms with Crippen molar-refractivity contribution >= 4 is 34.4 Å². The Morgan fingerprint density at radius 3 is 2.79 bits per heavy atom. The molecule has 176 valence electrons. The zero-order valence-electron chi connectivity index (χ0n) is 18.8. The van der Waals surface area contributed by atoms with E-state index in [4.69, 9.17) is 21.1 Å². The van der Waals surface area contributed by atoms with Gasteiger partial charge in [-0.3, -0.25) is 4.79 Å². The maximum atomic E-state index is 13.6. The first-order valence-corrected chi connectivity index (χ1v) is 12.1. The van der Waals surface area contributed by atoms with E-state index in [0.29, 0.717) is 55.2 Å². The summed E-state index contributed by atoms with van der Waals surface area (Å²) in [6, 6.07) is 13.2. The lowest BCUT2D eigenvalue weighted by Crippen LogP contribution is -2.45. The SMILES string of the molecule is O=C1OC2(CCN(C(=O)c3cn(C[C@H]4CNCCO4)c4cc(Cl)ccc34)CC2)c2ccccc21. The van der Waals surface area contributed by atoms with Crippen molar-refractivity contribution in [2.45, 2.75) is 31.1 Å². The number of carbonyl (C=O) groups is 2. The lowest BCUT2D eigenvalue weighted by Gasteiger charge is -2.38. The number of nitrogens with zero attached hydrogens (tertiary/aromatic N) is 2. The molecule has 2 saturated heterocycles. The van der Waals surface area contributed by atoms with Crippen LogP contribution < -0.4 is 5.32 Å². The lowest BCUT2D eigenvalue weighted by molar-refractivity contribution is -0.0389. The van der Waals surface area contributed by atoms with Gasteiger partial charge in [-0.2, -0.15) is 0 Å². The Hall–Kier alpha value is -2.87. The number of fused-ring (bicyclic) bond motifs is 3. The Bertz CT molecular complexity index is 1270. The molecule has 8 heteroatoms. The molecule has 0 bridgehead atoms. The van der Waals surface area contributed by atoms with Crippen molar-refractivity contribution in [2.24, 2.45) is 0 Å². The average Bonchev–Trinajstić information content (AvgIpc) is 3.35. The molecule has 1 amide bonds. The number of esters is 1. The minimum Gasteiger partial charge on any atom is -0.450 e. The number of aromatic nitrogens is 1. The Morgan fingerprint density at radius 2 is 2.00 bits per heavy atom. The second-order valence-electron chi connectivity index (χ2n) is 9.28. The van der Waals surface area contributed by atoms with Crippen molar-refractivity contribution in [2.75, 3.05) is 32.8 Å². The third kappa shape index (κ3) is 3.59. The number of benzene rings is 2. The van der Waals surface area contributed by atoms with Gasteiger partial charge in [-0.05, 0) is 18.2 Å². The maximum absolute atomic E-state index is 13.6. The number of rotatable bonds is 3. The Labute approximate surface area is 202 Å². The van der Waals surface area contributed by atoms with E-state index in [9.17, 15) is 9.59 Å². The standard InChI is InChI=1S/C26H26ClN3O4/c27-17-5-6-19-21(16-30(23(19)13-17)15-18-14-28-9-12-33-18)24(31)29-10-7-26(8-11-29)22-4-2-1-3-20(22)25(32)34-26/h1-6,13,16,18,28H,7-12,14-15H2/t18-/m1/s1. The number of hydrogen-bond donors (Lipinski definition) is 1. The molecule has 0 saturated carbocycles. The molecule has 1 spiro atoms. The quantitative estimate of drug-likeness (QED) is 0.581. The van der Waals surface area contributed by atoms with Crippen LogP contribution >= 0.6 is 11.6 Å². The van der Waals surface area contributed by atoms with Crippen LogP contribution in [0.2, 0.25) is 5.02 Å². The molecule has 4 heterocycles. The van der Waals surface area contributed by atoms with Gasteiger partial charge in [-0.25, -0.2) is 4.79 Å². The molecule has 2 fully saturated rings. The van der Waals surface area contributed by atoms with Gasteiger partial charge in [0.05, 0.1) is 35.9 Å². The first-order valence-electron chi connectivity index (χ1n) is 11.8. The van der Waals surface area contributed by atoms with Crippen LogP contribution in [0.5, 0.6) is 0 Å². The normalized spacial score (nSPS) is 21.6. The van der Waals surface area contributed by atoms with Crippen molar-refractivity contribution in [1.29, 1.82) is 0 Å². The van der Waals surface area contributed by atoms with Gasteiger partial charge < -0.3 is 24.3 Å². The summed E-state index contributed by atoms with van der Waals surface area (Å²) in [5.74, 6) is -0.282. The number of halogens is 1. The molecule has 7 nitrogen and oxygen atoms in total. The minimum absolute atomic E-state index is 0.0128. The molecule has 1 atom stereocenters. The highest BCUT2D eigenvalue weighted by atomic mass is 35.5. The molecule has 0 aliphatic carbocycles. The predicted octanol–water partition coefficient (Wildman–Crippen LogP) is 3.59. The third-order valence-electron chi connectivity index (χ3n) is 7.26. The molecule has 0 unspecified atom stereocenters. The summed E-state index contributed by atoms with van der Waals surface area (Å²) in [6.45, 7) is 4.01. The summed E-state index contributed by atoms with van der Waals surface area (Å²) in [5, 5.41) is 4.87. The number of nitrogens with one attached hydrogen (secondary N) is 1. The van der Waals surface area contributed by atoms with Gasteiger partial charge in [0.1, 0.15) is 5.60 Å². The fraction of sp³-hybridized carbons (Fsp3) is 0.385. The van der Waals surface area contributed by atoms with Gasteiger partial charge in [0.25, 0.3) is 5.91 Å². The van der Waals surface area contributed by atoms with Crippen molar-refractivity contribution in [1.82, 2.24) is 14.8 Å². The van der Waals surface area contributed by atoms with E-state index in [1.807, 2.05) is 53.6 Å². The van der Waals surface area contributed by atoms with Gasteiger partial charge in [0.15, 0.2) is 0 Å². The van der Waals surface area contributed by atoms with Crippen LogP contribution in [0.25, 0.3) is 10.9 Å². The van der Waals surface area contributed by atoms with E-state index in [1.165, 1.54) is 0 Å². The summed E-state index contributed by atoms with van der Waals surface area (Å²) in [5.41, 5.74) is 2.55. The fourth-order valence-corrected chi connectivity index (χ4v) is 5.67. The summed E-state index contributed by atoms with van der Waals surface area (Å²) in [7, 11) is 0. The van der Waals surface area contributed by atoms with Crippen LogP contribution in [0.4, 0.5) is 0 Å². The molecule has 0 radical (unpaired) electrons. The van der Waals surface area contributed by atoms with Crippen LogP contribution in [-0.4, -0.2) is 60.2 Å². The number of amides is 1. The highest BCUT2D eigenvalue weighted by Crippen LogP contribution is 2.44. The van der Waals surface area contributed by atoms with Crippen molar-refractivity contribution < 1.29 is 19.1 Å². The molecule has 3 aromatic rings. The molecular weight excluding hydrogens is 454 g/mol. The topological polar surface area (TPSA) is 72.8 Å². The predicted molar refractivity (Wildman–Crippen MR) is 128 cm³/mol. The first kappa shape index (κ1) is 21.6. The molecule has 3 aliphatic heterocycles. The van der Waals surface area contributed by atoms with E-state index >= 15 is 0 Å². The molecular formula is C26H26ClN3O4. The summed E-state index contributed by atoms with van der Waals surface area (Å²) in [6.07, 6.45) is 3.15. The van der Waals surface area contributed by atoms with Crippen LogP contribution in [0, 0.1) is 0 Å². The van der Waals surface area contributed by atoms with Crippen LogP contribution in [-0.2, 0) is 21.6 Å². The lowest BCUT2D eigenvalue weighted by atomic mass is 9.83. The van der Waals surface area contributed by atoms with E-state index in [-0.39, 0.29) is 18.0 Å². The van der Waals surface area contributed by atoms with Crippen molar-refractivity contribution in [3.05, 3.63) is 70.4 Å². The number of ether oxygens (including phenoxy) is 2. The number of likely N-dealkylation sites (tertiary alicyclic amines) is 1.